The van der Waals surface area contributed by atoms with Crippen LogP contribution in [0, 0.1) is 0 Å². The highest BCUT2D eigenvalue weighted by atomic mass is 16.2. The van der Waals surface area contributed by atoms with Crippen molar-refractivity contribution in [1.29, 1.82) is 0 Å². The zero-order valence-corrected chi connectivity index (χ0v) is 13.3. The van der Waals surface area contributed by atoms with Gasteiger partial charge in [-0.05, 0) is 20.3 Å². The molecule has 116 valence electrons. The molecule has 0 aromatic carbocycles. The van der Waals surface area contributed by atoms with Gasteiger partial charge in [-0.3, -0.25) is 9.59 Å². The lowest BCUT2D eigenvalue weighted by Gasteiger charge is -2.37. The van der Waals surface area contributed by atoms with Crippen LogP contribution in [0.15, 0.2) is 0 Å². The third-order valence-corrected chi connectivity index (χ3v) is 3.89. The van der Waals surface area contributed by atoms with E-state index in [1.165, 1.54) is 38.5 Å². The van der Waals surface area contributed by atoms with E-state index in [9.17, 15) is 9.59 Å². The third kappa shape index (κ3) is 5.51. The lowest BCUT2D eigenvalue weighted by atomic mass is 10.00. The van der Waals surface area contributed by atoms with Gasteiger partial charge >= 0.3 is 0 Å². The van der Waals surface area contributed by atoms with Gasteiger partial charge in [0.2, 0.25) is 11.8 Å². The molecule has 0 unspecified atom stereocenters. The van der Waals surface area contributed by atoms with Crippen LogP contribution < -0.4 is 5.32 Å². The van der Waals surface area contributed by atoms with Gasteiger partial charge < -0.3 is 10.2 Å². The van der Waals surface area contributed by atoms with Gasteiger partial charge in [0.25, 0.3) is 0 Å². The van der Waals surface area contributed by atoms with Gasteiger partial charge in [-0.15, -0.1) is 0 Å². The van der Waals surface area contributed by atoms with Gasteiger partial charge in [-0.2, -0.15) is 0 Å². The smallest absolute Gasteiger partial charge is 0.248 e. The van der Waals surface area contributed by atoms with Crippen molar-refractivity contribution in [2.75, 3.05) is 13.1 Å². The van der Waals surface area contributed by atoms with E-state index in [0.717, 1.165) is 12.8 Å². The summed E-state index contributed by atoms with van der Waals surface area (Å²) in [6.45, 7) is 6.71. The summed E-state index contributed by atoms with van der Waals surface area (Å²) in [5, 5.41) is 2.74. The summed E-state index contributed by atoms with van der Waals surface area (Å²) in [6.07, 6.45) is 9.98. The Bertz CT molecular complexity index is 326. The maximum atomic E-state index is 12.1. The van der Waals surface area contributed by atoms with Gasteiger partial charge in [0.15, 0.2) is 0 Å². The number of amides is 2. The van der Waals surface area contributed by atoms with Crippen LogP contribution in [0.1, 0.15) is 72.1 Å². The van der Waals surface area contributed by atoms with E-state index in [2.05, 4.69) is 12.2 Å². The van der Waals surface area contributed by atoms with E-state index in [0.29, 0.717) is 6.54 Å². The number of nitrogens with one attached hydrogen (secondary N) is 1. The van der Waals surface area contributed by atoms with Crippen molar-refractivity contribution in [2.24, 2.45) is 0 Å². The van der Waals surface area contributed by atoms with E-state index in [4.69, 9.17) is 0 Å². The van der Waals surface area contributed by atoms with Crippen molar-refractivity contribution in [3.63, 3.8) is 0 Å². The van der Waals surface area contributed by atoms with Crippen molar-refractivity contribution in [1.82, 2.24) is 10.2 Å². The minimum atomic E-state index is -0.741. The quantitative estimate of drug-likeness (QED) is 0.661. The van der Waals surface area contributed by atoms with E-state index in [1.807, 2.05) is 0 Å². The van der Waals surface area contributed by atoms with E-state index < -0.39 is 5.54 Å². The fourth-order valence-corrected chi connectivity index (χ4v) is 2.70. The molecule has 0 aromatic heterocycles. The molecule has 0 bridgehead atoms. The molecule has 0 saturated carbocycles. The van der Waals surface area contributed by atoms with Crippen LogP contribution in [0.5, 0.6) is 0 Å². The summed E-state index contributed by atoms with van der Waals surface area (Å²) in [5.74, 6) is -0.00536. The molecule has 4 heteroatoms. The predicted octanol–water partition coefficient (Wildman–Crippen LogP) is 2.86. The molecule has 0 aliphatic carbocycles. The first-order valence-corrected chi connectivity index (χ1v) is 8.07. The Morgan fingerprint density at radius 2 is 1.55 bits per heavy atom. The van der Waals surface area contributed by atoms with Crippen LogP contribution >= 0.6 is 0 Å². The topological polar surface area (TPSA) is 49.4 Å². The summed E-state index contributed by atoms with van der Waals surface area (Å²) >= 11 is 0. The normalized spacial score (nSPS) is 18.2. The van der Waals surface area contributed by atoms with Crippen molar-refractivity contribution >= 4 is 11.8 Å². The lowest BCUT2D eigenvalue weighted by Crippen LogP contribution is -2.63. The fourth-order valence-electron chi connectivity index (χ4n) is 2.70. The van der Waals surface area contributed by atoms with Gasteiger partial charge in [0.05, 0.1) is 6.54 Å². The summed E-state index contributed by atoms with van der Waals surface area (Å²) < 4.78 is 0. The maximum absolute atomic E-state index is 12.1. The molecule has 4 nitrogen and oxygen atoms in total. The average Bonchev–Trinajstić information content (AvgIpc) is 2.37. The molecular formula is C16H30N2O2. The molecule has 1 saturated heterocycles. The van der Waals surface area contributed by atoms with Crippen LogP contribution in [-0.4, -0.2) is 35.3 Å². The molecular weight excluding hydrogens is 252 g/mol. The van der Waals surface area contributed by atoms with Crippen LogP contribution in [0.2, 0.25) is 0 Å². The first-order valence-electron chi connectivity index (χ1n) is 8.07. The van der Waals surface area contributed by atoms with Crippen LogP contribution in [0.3, 0.4) is 0 Å². The molecule has 0 atom stereocenters. The average molecular weight is 282 g/mol. The molecule has 1 aliphatic heterocycles. The van der Waals surface area contributed by atoms with Gasteiger partial charge in [0, 0.05) is 6.54 Å². The molecule has 1 N–H and O–H groups in total. The fraction of sp³-hybridized carbons (Fsp3) is 0.875. The van der Waals surface area contributed by atoms with Crippen molar-refractivity contribution < 1.29 is 9.59 Å². The van der Waals surface area contributed by atoms with Crippen molar-refractivity contribution in [3.05, 3.63) is 0 Å². The number of hydrogen-bond donors (Lipinski definition) is 1. The predicted molar refractivity (Wildman–Crippen MR) is 81.4 cm³/mol. The molecule has 1 aliphatic rings. The van der Waals surface area contributed by atoms with E-state index >= 15 is 0 Å². The molecule has 0 aromatic rings. The standard InChI is InChI=1S/C16H30N2O2/c1-4-5-6-7-8-9-10-11-12-18-13-14(19)17-16(2,3)15(18)20/h4-13H2,1-3H3,(H,17,19). The molecule has 0 spiro atoms. The monoisotopic (exact) mass is 282 g/mol. The number of piperazine rings is 1. The summed E-state index contributed by atoms with van der Waals surface area (Å²) in [6, 6.07) is 0. The Labute approximate surface area is 123 Å². The number of unbranched alkanes of at least 4 members (excludes halogenated alkanes) is 7. The highest BCUT2D eigenvalue weighted by Crippen LogP contribution is 2.15. The largest absolute Gasteiger partial charge is 0.341 e. The number of rotatable bonds is 9. The number of hydrogen-bond acceptors (Lipinski definition) is 2. The Balaban J connectivity index is 2.15. The molecule has 2 amide bonds. The van der Waals surface area contributed by atoms with Crippen LogP contribution in [0.4, 0.5) is 0 Å². The van der Waals surface area contributed by atoms with Gasteiger partial charge in [-0.1, -0.05) is 51.9 Å². The molecule has 1 heterocycles. The number of carbonyl (C=O) groups is 2. The lowest BCUT2D eigenvalue weighted by molar-refractivity contribution is -0.148. The third-order valence-electron chi connectivity index (χ3n) is 3.89. The highest BCUT2D eigenvalue weighted by molar-refractivity contribution is 5.97. The van der Waals surface area contributed by atoms with Crippen molar-refractivity contribution in [3.8, 4) is 0 Å². The summed E-state index contributed by atoms with van der Waals surface area (Å²) in [4.78, 5) is 25.4. The van der Waals surface area contributed by atoms with Gasteiger partial charge in [0.1, 0.15) is 5.54 Å². The van der Waals surface area contributed by atoms with Gasteiger partial charge in [-0.25, -0.2) is 0 Å². The Morgan fingerprint density at radius 3 is 2.15 bits per heavy atom. The Morgan fingerprint density at radius 1 is 1.00 bits per heavy atom. The van der Waals surface area contributed by atoms with Crippen LogP contribution in [0.25, 0.3) is 0 Å². The first-order chi connectivity index (χ1) is 9.47. The summed E-state index contributed by atoms with van der Waals surface area (Å²) in [7, 11) is 0. The first kappa shape index (κ1) is 17.0. The minimum Gasteiger partial charge on any atom is -0.341 e. The second-order valence-corrected chi connectivity index (χ2v) is 6.37. The number of carbonyl (C=O) groups excluding carboxylic acids is 2. The zero-order valence-electron chi connectivity index (χ0n) is 13.3. The minimum absolute atomic E-state index is 0.0417. The highest BCUT2D eigenvalue weighted by Gasteiger charge is 2.38. The molecule has 1 rings (SSSR count). The summed E-state index contributed by atoms with van der Waals surface area (Å²) in [5.41, 5.74) is -0.741. The van der Waals surface area contributed by atoms with E-state index in [1.54, 1.807) is 18.7 Å². The van der Waals surface area contributed by atoms with E-state index in [-0.39, 0.29) is 18.4 Å². The second kappa shape index (κ2) is 8.28. The van der Waals surface area contributed by atoms with Crippen molar-refractivity contribution in [2.45, 2.75) is 77.7 Å². The number of nitrogens with zero attached hydrogens (tertiary/aromatic N) is 1. The maximum Gasteiger partial charge on any atom is 0.248 e. The zero-order chi connectivity index (χ0) is 15.0. The Kier molecular flexibility index (Phi) is 7.03. The Hall–Kier alpha value is -1.06. The van der Waals surface area contributed by atoms with Crippen LogP contribution in [-0.2, 0) is 9.59 Å². The molecule has 20 heavy (non-hydrogen) atoms. The second-order valence-electron chi connectivity index (χ2n) is 6.37. The molecule has 1 fully saturated rings. The molecule has 0 radical (unpaired) electrons. The SMILES string of the molecule is CCCCCCCCCCN1CC(=O)NC(C)(C)C1=O.